The van der Waals surface area contributed by atoms with Crippen LogP contribution in [-0.4, -0.2) is 41.4 Å². The molecular weight excluding hydrogens is 370 g/mol. The van der Waals surface area contributed by atoms with E-state index in [-0.39, 0.29) is 12.5 Å². The Balaban J connectivity index is 1.49. The summed E-state index contributed by atoms with van der Waals surface area (Å²) in [5.41, 5.74) is 4.26. The number of carbonyl (C=O) groups is 3. The van der Waals surface area contributed by atoms with Crippen LogP contribution in [-0.2, 0) is 14.4 Å². The van der Waals surface area contributed by atoms with Gasteiger partial charge in [-0.2, -0.15) is 5.11 Å². The van der Waals surface area contributed by atoms with E-state index >= 15 is 0 Å². The number of benzene rings is 2. The van der Waals surface area contributed by atoms with Crippen molar-refractivity contribution >= 4 is 29.1 Å². The zero-order chi connectivity index (χ0) is 20.7. The highest BCUT2D eigenvalue weighted by molar-refractivity contribution is 6.25. The lowest BCUT2D eigenvalue weighted by Crippen LogP contribution is -2.43. The van der Waals surface area contributed by atoms with Gasteiger partial charge >= 0.3 is 0 Å². The number of aryl methyl sites for hydroxylation is 3. The van der Waals surface area contributed by atoms with Gasteiger partial charge in [-0.3, -0.25) is 19.4 Å². The molecule has 2 aromatic carbocycles. The predicted molar refractivity (Wildman–Crippen MR) is 107 cm³/mol. The summed E-state index contributed by atoms with van der Waals surface area (Å²) in [5, 5.41) is 12.0. The Morgan fingerprint density at radius 1 is 1.00 bits per heavy atom. The van der Waals surface area contributed by atoms with Crippen molar-refractivity contribution in [2.45, 2.75) is 32.9 Å². The van der Waals surface area contributed by atoms with Crippen molar-refractivity contribution in [2.24, 2.45) is 10.3 Å². The van der Waals surface area contributed by atoms with Crippen molar-refractivity contribution < 1.29 is 14.4 Å². The van der Waals surface area contributed by atoms with Crippen LogP contribution in [0.5, 0.6) is 0 Å². The number of hydrogen-bond acceptors (Lipinski definition) is 6. The van der Waals surface area contributed by atoms with E-state index in [0.717, 1.165) is 21.6 Å². The fourth-order valence-electron chi connectivity index (χ4n) is 3.59. The van der Waals surface area contributed by atoms with Gasteiger partial charge in [-0.1, -0.05) is 40.6 Å². The van der Waals surface area contributed by atoms with Gasteiger partial charge in [0, 0.05) is 5.69 Å². The van der Waals surface area contributed by atoms with Crippen LogP contribution in [0.25, 0.3) is 0 Å². The summed E-state index contributed by atoms with van der Waals surface area (Å²) in [6, 6.07) is 11.0. The van der Waals surface area contributed by atoms with Gasteiger partial charge < -0.3 is 5.32 Å². The number of anilines is 2. The van der Waals surface area contributed by atoms with E-state index in [4.69, 9.17) is 0 Å². The number of amides is 3. The third-order valence-corrected chi connectivity index (χ3v) is 5.11. The number of fused-ring (bicyclic) bond motifs is 1. The second-order valence-corrected chi connectivity index (χ2v) is 7.41. The Labute approximate surface area is 168 Å². The summed E-state index contributed by atoms with van der Waals surface area (Å²) in [5.74, 6) is -1.18. The third-order valence-electron chi connectivity index (χ3n) is 5.11. The molecule has 8 nitrogen and oxygen atoms in total. The average Bonchev–Trinajstić information content (AvgIpc) is 3.19. The summed E-state index contributed by atoms with van der Waals surface area (Å²) in [4.78, 5) is 39.3. The van der Waals surface area contributed by atoms with Crippen LogP contribution in [0.15, 0.2) is 52.8 Å². The zero-order valence-electron chi connectivity index (χ0n) is 16.4. The van der Waals surface area contributed by atoms with Crippen molar-refractivity contribution in [3.05, 3.63) is 59.2 Å². The van der Waals surface area contributed by atoms with Crippen molar-refractivity contribution in [2.75, 3.05) is 16.8 Å². The molecule has 2 aliphatic heterocycles. The molecule has 1 saturated heterocycles. The second-order valence-electron chi connectivity index (χ2n) is 7.41. The number of nitrogens with zero attached hydrogens (tertiary/aromatic N) is 4. The van der Waals surface area contributed by atoms with Gasteiger partial charge in [-0.15, -0.1) is 0 Å². The van der Waals surface area contributed by atoms with Gasteiger partial charge in [0.25, 0.3) is 11.8 Å². The highest BCUT2D eigenvalue weighted by Gasteiger charge is 2.55. The molecule has 1 N–H and O–H groups in total. The minimum Gasteiger partial charge on any atom is -0.324 e. The minimum atomic E-state index is -0.919. The molecule has 0 aliphatic carbocycles. The SMILES string of the molecule is Cc1ccc(N2C(=O)[C@@H]3[C@@H](N=NN3CC(=O)Nc3ccc(C)cc3C)C2=O)cc1. The molecule has 0 radical (unpaired) electrons. The van der Waals surface area contributed by atoms with Crippen molar-refractivity contribution in [1.29, 1.82) is 0 Å². The lowest BCUT2D eigenvalue weighted by molar-refractivity contribution is -0.123. The number of rotatable bonds is 4. The van der Waals surface area contributed by atoms with Crippen LogP contribution < -0.4 is 10.2 Å². The molecular formula is C21H21N5O3. The Morgan fingerprint density at radius 2 is 1.69 bits per heavy atom. The fraction of sp³-hybridized carbons (Fsp3) is 0.286. The molecule has 0 saturated carbocycles. The third kappa shape index (κ3) is 3.37. The monoisotopic (exact) mass is 391 g/mol. The van der Waals surface area contributed by atoms with Gasteiger partial charge in [0.1, 0.15) is 6.54 Å². The van der Waals surface area contributed by atoms with E-state index in [0.29, 0.717) is 11.4 Å². The van der Waals surface area contributed by atoms with E-state index in [1.165, 1.54) is 5.01 Å². The molecule has 0 unspecified atom stereocenters. The first kappa shape index (κ1) is 18.8. The van der Waals surface area contributed by atoms with E-state index in [2.05, 4.69) is 15.7 Å². The molecule has 1 fully saturated rings. The Kier molecular flexibility index (Phi) is 4.62. The number of imide groups is 1. The summed E-state index contributed by atoms with van der Waals surface area (Å²) in [7, 11) is 0. The highest BCUT2D eigenvalue weighted by Crippen LogP contribution is 2.31. The van der Waals surface area contributed by atoms with Gasteiger partial charge in [0.2, 0.25) is 5.91 Å². The first-order valence-corrected chi connectivity index (χ1v) is 9.34. The fourth-order valence-corrected chi connectivity index (χ4v) is 3.59. The summed E-state index contributed by atoms with van der Waals surface area (Å²) in [6.45, 7) is 5.65. The Hall–Kier alpha value is -3.55. The zero-order valence-corrected chi connectivity index (χ0v) is 16.4. The van der Waals surface area contributed by atoms with Gasteiger partial charge in [-0.05, 0) is 44.5 Å². The van der Waals surface area contributed by atoms with Crippen molar-refractivity contribution in [1.82, 2.24) is 5.01 Å². The lowest BCUT2D eigenvalue weighted by Gasteiger charge is -2.20. The first-order valence-electron chi connectivity index (χ1n) is 9.34. The molecule has 148 valence electrons. The predicted octanol–water partition coefficient (Wildman–Crippen LogP) is 2.54. The molecule has 2 aromatic rings. The molecule has 2 heterocycles. The molecule has 3 amide bonds. The molecule has 8 heteroatoms. The smallest absolute Gasteiger partial charge is 0.263 e. The molecule has 0 bridgehead atoms. The maximum absolute atomic E-state index is 12.9. The van der Waals surface area contributed by atoms with Crippen molar-refractivity contribution in [3.8, 4) is 0 Å². The van der Waals surface area contributed by atoms with Crippen LogP contribution in [0.1, 0.15) is 16.7 Å². The van der Waals surface area contributed by atoms with Crippen LogP contribution in [0.4, 0.5) is 11.4 Å². The maximum atomic E-state index is 12.9. The largest absolute Gasteiger partial charge is 0.324 e. The quantitative estimate of drug-likeness (QED) is 0.811. The van der Waals surface area contributed by atoms with Gasteiger partial charge in [0.15, 0.2) is 12.1 Å². The van der Waals surface area contributed by atoms with E-state index in [9.17, 15) is 14.4 Å². The molecule has 2 atom stereocenters. The van der Waals surface area contributed by atoms with Crippen LogP contribution in [0, 0.1) is 20.8 Å². The topological polar surface area (TPSA) is 94.4 Å². The Bertz CT molecular complexity index is 1030. The van der Waals surface area contributed by atoms with E-state index in [1.54, 1.807) is 12.1 Å². The molecule has 0 spiro atoms. The van der Waals surface area contributed by atoms with Crippen molar-refractivity contribution in [3.63, 3.8) is 0 Å². The number of nitrogens with one attached hydrogen (secondary N) is 1. The molecule has 4 rings (SSSR count). The maximum Gasteiger partial charge on any atom is 0.263 e. The Morgan fingerprint density at radius 3 is 2.38 bits per heavy atom. The first-order chi connectivity index (χ1) is 13.8. The van der Waals surface area contributed by atoms with Gasteiger partial charge in [-0.25, -0.2) is 4.90 Å². The molecule has 29 heavy (non-hydrogen) atoms. The standard InChI is InChI=1S/C21H21N5O3/c1-12-4-7-15(8-5-12)26-20(28)18-19(21(26)29)25(24-23-18)11-17(27)22-16-9-6-13(2)10-14(16)3/h4-10,18-19H,11H2,1-3H3,(H,22,27)/t18-,19+/m1/s1. The average molecular weight is 391 g/mol. The van der Waals surface area contributed by atoms with E-state index in [1.807, 2.05) is 51.1 Å². The summed E-state index contributed by atoms with van der Waals surface area (Å²) in [6.07, 6.45) is 0. The molecule has 0 aromatic heterocycles. The molecule has 2 aliphatic rings. The lowest BCUT2D eigenvalue weighted by atomic mass is 10.1. The number of carbonyl (C=O) groups excluding carboxylic acids is 3. The van der Waals surface area contributed by atoms with Crippen LogP contribution in [0.3, 0.4) is 0 Å². The highest BCUT2D eigenvalue weighted by atomic mass is 16.2. The second kappa shape index (κ2) is 7.12. The van der Waals surface area contributed by atoms with Crippen LogP contribution in [0.2, 0.25) is 0 Å². The normalized spacial score (nSPS) is 20.4. The van der Waals surface area contributed by atoms with E-state index < -0.39 is 23.9 Å². The summed E-state index contributed by atoms with van der Waals surface area (Å²) < 4.78 is 0. The van der Waals surface area contributed by atoms with Gasteiger partial charge in [0.05, 0.1) is 5.69 Å². The van der Waals surface area contributed by atoms with Crippen LogP contribution >= 0.6 is 0 Å². The number of hydrogen-bond donors (Lipinski definition) is 1. The summed E-state index contributed by atoms with van der Waals surface area (Å²) >= 11 is 0. The minimum absolute atomic E-state index is 0.168.